The molecule has 6 rings (SSSR count). The van der Waals surface area contributed by atoms with Gasteiger partial charge in [-0.2, -0.15) is 4.98 Å². The van der Waals surface area contributed by atoms with Gasteiger partial charge in [0.15, 0.2) is 11.4 Å². The zero-order valence-electron chi connectivity index (χ0n) is 24.2. The van der Waals surface area contributed by atoms with E-state index in [0.717, 1.165) is 5.56 Å². The molecule has 2 aliphatic heterocycles. The van der Waals surface area contributed by atoms with E-state index >= 15 is 4.39 Å². The average Bonchev–Trinajstić information content (AvgIpc) is 3.15. The molecule has 0 N–H and O–H groups in total. The molecule has 2 aliphatic rings. The van der Waals surface area contributed by atoms with Crippen LogP contribution in [0.15, 0.2) is 47.9 Å². The first-order valence-electron chi connectivity index (χ1n) is 13.9. The lowest BCUT2D eigenvalue weighted by molar-refractivity contribution is -0.126. The Labute approximate surface area is 252 Å². The SMILES string of the molecule is C=CC(=O)N1CCN2c3nc(=O)n(-c4c(C)ccnc4C(C)C)c4nc(-c5c(F)cccc5OC)c(Cl)c(c34)OC[C@H]2C1. The van der Waals surface area contributed by atoms with Crippen LogP contribution in [-0.4, -0.2) is 69.7 Å². The summed E-state index contributed by atoms with van der Waals surface area (Å²) in [5.74, 6) is -0.0684. The van der Waals surface area contributed by atoms with Crippen molar-refractivity contribution in [3.8, 4) is 28.4 Å². The molecule has 1 saturated heterocycles. The molecule has 0 spiro atoms. The fourth-order valence-electron chi connectivity index (χ4n) is 5.87. The summed E-state index contributed by atoms with van der Waals surface area (Å²) < 4.78 is 28.8. The third-order valence-corrected chi connectivity index (χ3v) is 8.27. The Kier molecular flexibility index (Phi) is 7.29. The van der Waals surface area contributed by atoms with Crippen molar-refractivity contribution >= 4 is 34.4 Å². The normalized spacial score (nSPS) is 16.1. The summed E-state index contributed by atoms with van der Waals surface area (Å²) in [6, 6.07) is 5.89. The van der Waals surface area contributed by atoms with Gasteiger partial charge in [-0.05, 0) is 42.7 Å². The number of aromatic nitrogens is 4. The highest BCUT2D eigenvalue weighted by Crippen LogP contribution is 2.47. The first kappa shape index (κ1) is 28.6. The van der Waals surface area contributed by atoms with Gasteiger partial charge in [-0.25, -0.2) is 18.7 Å². The molecular weight excluding hydrogens is 575 g/mol. The molecule has 222 valence electrons. The van der Waals surface area contributed by atoms with Gasteiger partial charge in [-0.1, -0.05) is 38.1 Å². The monoisotopic (exact) mass is 604 g/mol. The maximum atomic E-state index is 15.5. The van der Waals surface area contributed by atoms with Crippen molar-refractivity contribution in [3.63, 3.8) is 0 Å². The molecular formula is C31H30ClFN6O4. The molecule has 10 nitrogen and oxygen atoms in total. The molecule has 1 aromatic carbocycles. The van der Waals surface area contributed by atoms with E-state index in [1.165, 1.54) is 29.9 Å². The highest BCUT2D eigenvalue weighted by atomic mass is 35.5. The molecule has 0 unspecified atom stereocenters. The number of methoxy groups -OCH3 is 1. The summed E-state index contributed by atoms with van der Waals surface area (Å²) in [5, 5.41) is 0.461. The van der Waals surface area contributed by atoms with Crippen LogP contribution in [-0.2, 0) is 4.79 Å². The van der Waals surface area contributed by atoms with Gasteiger partial charge in [0.25, 0.3) is 0 Å². The molecule has 1 amide bonds. The number of rotatable bonds is 5. The fourth-order valence-corrected chi connectivity index (χ4v) is 6.15. The smallest absolute Gasteiger partial charge is 0.355 e. The van der Waals surface area contributed by atoms with Crippen LogP contribution >= 0.6 is 11.6 Å². The second kappa shape index (κ2) is 11.0. The van der Waals surface area contributed by atoms with E-state index in [-0.39, 0.29) is 57.9 Å². The van der Waals surface area contributed by atoms with Crippen LogP contribution in [0.1, 0.15) is 31.0 Å². The maximum absolute atomic E-state index is 15.5. The van der Waals surface area contributed by atoms with E-state index in [1.54, 1.807) is 17.2 Å². The van der Waals surface area contributed by atoms with E-state index in [4.69, 9.17) is 26.1 Å². The van der Waals surface area contributed by atoms with Crippen molar-refractivity contribution in [2.45, 2.75) is 32.7 Å². The van der Waals surface area contributed by atoms with E-state index in [1.807, 2.05) is 31.7 Å². The van der Waals surface area contributed by atoms with Crippen LogP contribution in [0.4, 0.5) is 10.2 Å². The number of piperazine rings is 1. The molecule has 1 atom stereocenters. The molecule has 4 aromatic rings. The number of anilines is 1. The number of pyridine rings is 2. The first-order chi connectivity index (χ1) is 20.7. The van der Waals surface area contributed by atoms with Crippen molar-refractivity contribution in [2.75, 3.05) is 38.3 Å². The summed E-state index contributed by atoms with van der Waals surface area (Å²) in [6.45, 7) is 10.7. The van der Waals surface area contributed by atoms with E-state index < -0.39 is 11.5 Å². The van der Waals surface area contributed by atoms with Gasteiger partial charge in [-0.3, -0.25) is 9.78 Å². The van der Waals surface area contributed by atoms with Gasteiger partial charge in [0.2, 0.25) is 5.91 Å². The van der Waals surface area contributed by atoms with Crippen LogP contribution in [0.3, 0.4) is 0 Å². The summed E-state index contributed by atoms with van der Waals surface area (Å²) in [4.78, 5) is 44.3. The Morgan fingerprint density at radius 3 is 2.77 bits per heavy atom. The molecule has 43 heavy (non-hydrogen) atoms. The van der Waals surface area contributed by atoms with Gasteiger partial charge in [0, 0.05) is 25.8 Å². The Hall–Kier alpha value is -4.51. The molecule has 0 saturated carbocycles. The molecule has 0 aliphatic carbocycles. The number of amides is 1. The lowest BCUT2D eigenvalue weighted by Crippen LogP contribution is -2.56. The van der Waals surface area contributed by atoms with Gasteiger partial charge in [0.1, 0.15) is 40.1 Å². The molecule has 3 aromatic heterocycles. The molecule has 0 radical (unpaired) electrons. The van der Waals surface area contributed by atoms with Gasteiger partial charge in [-0.15, -0.1) is 0 Å². The minimum absolute atomic E-state index is 0.0332. The second-order valence-corrected chi connectivity index (χ2v) is 11.2. The summed E-state index contributed by atoms with van der Waals surface area (Å²) in [5.41, 5.74) is 1.69. The number of hydrogen-bond donors (Lipinski definition) is 0. The minimum Gasteiger partial charge on any atom is -0.496 e. The van der Waals surface area contributed by atoms with Crippen molar-refractivity contribution in [3.05, 3.63) is 75.7 Å². The number of hydrogen-bond acceptors (Lipinski definition) is 8. The Morgan fingerprint density at radius 2 is 2.05 bits per heavy atom. The summed E-state index contributed by atoms with van der Waals surface area (Å²) in [7, 11) is 1.43. The van der Waals surface area contributed by atoms with Crippen molar-refractivity contribution in [1.82, 2.24) is 24.4 Å². The van der Waals surface area contributed by atoms with Crippen molar-refractivity contribution < 1.29 is 18.7 Å². The number of nitrogens with zero attached hydrogens (tertiary/aromatic N) is 6. The number of carbonyl (C=O) groups is 1. The first-order valence-corrected chi connectivity index (χ1v) is 14.3. The quantitative estimate of drug-likeness (QED) is 0.303. The summed E-state index contributed by atoms with van der Waals surface area (Å²) in [6.07, 6.45) is 2.97. The number of fused-ring (bicyclic) bond motifs is 2. The largest absolute Gasteiger partial charge is 0.496 e. The molecule has 1 fully saturated rings. The maximum Gasteiger partial charge on any atom is 0.355 e. The number of benzene rings is 1. The summed E-state index contributed by atoms with van der Waals surface area (Å²) >= 11 is 7.02. The molecule has 12 heteroatoms. The number of carbonyl (C=O) groups excluding carboxylic acids is 1. The van der Waals surface area contributed by atoms with E-state index in [2.05, 4.69) is 16.5 Å². The Morgan fingerprint density at radius 1 is 1.26 bits per heavy atom. The second-order valence-electron chi connectivity index (χ2n) is 10.8. The zero-order valence-corrected chi connectivity index (χ0v) is 25.0. The van der Waals surface area contributed by atoms with Crippen molar-refractivity contribution in [1.29, 1.82) is 0 Å². The third-order valence-electron chi connectivity index (χ3n) is 7.92. The molecule has 0 bridgehead atoms. The van der Waals surface area contributed by atoms with Crippen LogP contribution in [0.5, 0.6) is 11.5 Å². The zero-order chi connectivity index (χ0) is 30.6. The predicted octanol–water partition coefficient (Wildman–Crippen LogP) is 4.67. The Bertz CT molecular complexity index is 1860. The average molecular weight is 605 g/mol. The minimum atomic E-state index is -0.603. The number of halogens is 2. The number of ether oxygens (including phenoxy) is 2. The third kappa shape index (κ3) is 4.58. The molecule has 5 heterocycles. The lowest BCUT2D eigenvalue weighted by atomic mass is 10.0. The van der Waals surface area contributed by atoms with E-state index in [9.17, 15) is 9.59 Å². The van der Waals surface area contributed by atoms with Crippen molar-refractivity contribution in [2.24, 2.45) is 0 Å². The van der Waals surface area contributed by atoms with Crippen LogP contribution in [0.2, 0.25) is 5.02 Å². The predicted molar refractivity (Wildman–Crippen MR) is 162 cm³/mol. The van der Waals surface area contributed by atoms with E-state index in [0.29, 0.717) is 42.2 Å². The topological polar surface area (TPSA) is 103 Å². The van der Waals surface area contributed by atoms with Crippen LogP contribution in [0.25, 0.3) is 28.0 Å². The van der Waals surface area contributed by atoms with Crippen LogP contribution < -0.4 is 20.1 Å². The van der Waals surface area contributed by atoms with Crippen LogP contribution in [0, 0.1) is 12.7 Å². The highest BCUT2D eigenvalue weighted by Gasteiger charge is 2.37. The van der Waals surface area contributed by atoms with Gasteiger partial charge >= 0.3 is 5.69 Å². The van der Waals surface area contributed by atoms with Gasteiger partial charge < -0.3 is 19.3 Å². The highest BCUT2D eigenvalue weighted by molar-refractivity contribution is 6.36. The number of aryl methyl sites for hydroxylation is 1. The lowest BCUT2D eigenvalue weighted by Gasteiger charge is -2.40. The van der Waals surface area contributed by atoms with Gasteiger partial charge in [0.05, 0.1) is 30.1 Å². The Balaban J connectivity index is 1.72. The fraction of sp³-hybridized carbons (Fsp3) is 0.323. The standard InChI is InChI=1S/C31H30ClFN6O4/c1-6-21(40)37-12-13-38-18(14-37)15-43-28-23-29(38)36-31(41)39(27-17(4)10-11-34-25(27)16(2)3)30(23)35-26(24(28)32)22-19(33)8-7-9-20(22)42-5/h6-11,16,18H,1,12-15H2,2-5H3/t18-/m1/s1.